The monoisotopic (exact) mass is 416 g/mol. The van der Waals surface area contributed by atoms with Gasteiger partial charge in [0.15, 0.2) is 5.84 Å². The first-order chi connectivity index (χ1) is 13.6. The molecule has 0 N–H and O–H groups in total. The highest BCUT2D eigenvalue weighted by Crippen LogP contribution is 2.27. The van der Waals surface area contributed by atoms with Crippen molar-refractivity contribution in [3.8, 4) is 0 Å². The number of non-ortho nitro benzene ring substituents is 1. The van der Waals surface area contributed by atoms with Gasteiger partial charge in [0.05, 0.1) is 17.5 Å². The Kier molecular flexibility index (Phi) is 5.38. The average molecular weight is 416 g/mol. The lowest BCUT2D eigenvalue weighted by Crippen LogP contribution is -2.40. The Bertz CT molecular complexity index is 1110. The molecule has 3 rings (SSSR count). The number of hydrogen-bond donors (Lipinski definition) is 0. The second-order valence-electron chi connectivity index (χ2n) is 6.77. The van der Waals surface area contributed by atoms with Crippen LogP contribution in [0.1, 0.15) is 24.1 Å². The molecule has 1 aliphatic rings. The predicted molar refractivity (Wildman–Crippen MR) is 107 cm³/mol. The minimum Gasteiger partial charge on any atom is -0.349 e. The van der Waals surface area contributed by atoms with Crippen LogP contribution in [0.5, 0.6) is 0 Å². The zero-order chi connectivity index (χ0) is 21.3. The zero-order valence-corrected chi connectivity index (χ0v) is 17.0. The molecule has 10 heteroatoms. The third-order valence-electron chi connectivity index (χ3n) is 4.88. The SMILES string of the molecule is C[C@H](c1cccc([N+](=O)[O-])c1)N(C)C(=O)CN(C)C1=NS(=O)(=O)c2ccccc21. The van der Waals surface area contributed by atoms with E-state index in [0.717, 1.165) is 0 Å². The fraction of sp³-hybridized carbons (Fsp3) is 0.263. The van der Waals surface area contributed by atoms with Crippen molar-refractivity contribution in [3.05, 3.63) is 69.8 Å². The molecule has 1 aliphatic heterocycles. The number of hydrogen-bond acceptors (Lipinski definition) is 6. The summed E-state index contributed by atoms with van der Waals surface area (Å²) in [7, 11) is -0.575. The van der Waals surface area contributed by atoms with Gasteiger partial charge in [0.2, 0.25) is 5.91 Å². The Balaban J connectivity index is 1.76. The number of sulfonamides is 1. The Hall–Kier alpha value is -3.27. The Labute approximate surface area is 168 Å². The van der Waals surface area contributed by atoms with E-state index in [1.165, 1.54) is 28.0 Å². The molecule has 0 unspecified atom stereocenters. The first-order valence-corrected chi connectivity index (χ1v) is 10.2. The minimum absolute atomic E-state index is 0.0468. The van der Waals surface area contributed by atoms with Crippen molar-refractivity contribution in [2.24, 2.45) is 4.40 Å². The number of likely N-dealkylation sites (N-methyl/N-ethyl adjacent to an activating group) is 2. The molecule has 2 aromatic carbocycles. The van der Waals surface area contributed by atoms with Crippen molar-refractivity contribution in [1.82, 2.24) is 9.80 Å². The highest BCUT2D eigenvalue weighted by molar-refractivity contribution is 7.90. The normalized spacial score (nSPS) is 15.2. The number of rotatable bonds is 5. The summed E-state index contributed by atoms with van der Waals surface area (Å²) < 4.78 is 28.2. The van der Waals surface area contributed by atoms with Crippen molar-refractivity contribution in [3.63, 3.8) is 0 Å². The summed E-state index contributed by atoms with van der Waals surface area (Å²) >= 11 is 0. The van der Waals surface area contributed by atoms with Gasteiger partial charge in [-0.05, 0) is 24.6 Å². The van der Waals surface area contributed by atoms with Gasteiger partial charge in [-0.3, -0.25) is 14.9 Å². The van der Waals surface area contributed by atoms with E-state index in [1.54, 1.807) is 51.4 Å². The predicted octanol–water partition coefficient (Wildman–Crippen LogP) is 2.20. The lowest BCUT2D eigenvalue weighted by Gasteiger charge is -2.28. The summed E-state index contributed by atoms with van der Waals surface area (Å²) in [5, 5.41) is 11.0. The van der Waals surface area contributed by atoms with Crippen LogP contribution in [0.3, 0.4) is 0 Å². The number of amidine groups is 1. The average Bonchev–Trinajstić information content (AvgIpc) is 2.98. The third-order valence-corrected chi connectivity index (χ3v) is 6.21. The second kappa shape index (κ2) is 7.63. The van der Waals surface area contributed by atoms with Crippen LogP contribution in [0.15, 0.2) is 57.8 Å². The molecule has 0 aliphatic carbocycles. The topological polar surface area (TPSA) is 113 Å². The van der Waals surface area contributed by atoms with Gasteiger partial charge in [0.1, 0.15) is 4.90 Å². The van der Waals surface area contributed by atoms with Crippen LogP contribution in [-0.2, 0) is 14.8 Å². The van der Waals surface area contributed by atoms with E-state index in [-0.39, 0.29) is 28.9 Å². The fourth-order valence-corrected chi connectivity index (χ4v) is 4.34. The Morgan fingerprint density at radius 3 is 2.55 bits per heavy atom. The van der Waals surface area contributed by atoms with Crippen molar-refractivity contribution < 1.29 is 18.1 Å². The van der Waals surface area contributed by atoms with E-state index in [1.807, 2.05) is 0 Å². The molecule has 29 heavy (non-hydrogen) atoms. The molecule has 0 spiro atoms. The number of nitro groups is 1. The Morgan fingerprint density at radius 2 is 1.86 bits per heavy atom. The molecule has 2 aromatic rings. The van der Waals surface area contributed by atoms with Gasteiger partial charge in [0.25, 0.3) is 15.7 Å². The standard InChI is InChI=1S/C19H20N4O5S/c1-13(14-7-6-8-15(11-14)23(25)26)22(3)18(24)12-21(2)19-16-9-4-5-10-17(16)29(27,28)20-19/h4-11,13H,12H2,1-3H3/t13-/m1/s1. The number of nitro benzene ring substituents is 1. The fourth-order valence-electron chi connectivity index (χ4n) is 3.09. The molecule has 1 atom stereocenters. The van der Waals surface area contributed by atoms with E-state index in [0.29, 0.717) is 11.1 Å². The summed E-state index contributed by atoms with van der Waals surface area (Å²) in [4.78, 5) is 26.3. The first-order valence-electron chi connectivity index (χ1n) is 8.77. The molecular formula is C19H20N4O5S. The molecule has 0 aromatic heterocycles. The van der Waals surface area contributed by atoms with Gasteiger partial charge in [-0.15, -0.1) is 4.40 Å². The highest BCUT2D eigenvalue weighted by atomic mass is 32.2. The molecule has 0 radical (unpaired) electrons. The molecule has 0 bridgehead atoms. The van der Waals surface area contributed by atoms with Crippen molar-refractivity contribution in [1.29, 1.82) is 0 Å². The summed E-state index contributed by atoms with van der Waals surface area (Å²) in [6, 6.07) is 12.2. The summed E-state index contributed by atoms with van der Waals surface area (Å²) in [5.74, 6) is -0.0682. The van der Waals surface area contributed by atoms with Gasteiger partial charge < -0.3 is 9.80 Å². The van der Waals surface area contributed by atoms with Crippen LogP contribution in [0, 0.1) is 10.1 Å². The number of nitrogens with zero attached hydrogens (tertiary/aromatic N) is 4. The lowest BCUT2D eigenvalue weighted by atomic mass is 10.1. The van der Waals surface area contributed by atoms with E-state index in [4.69, 9.17) is 0 Å². The van der Waals surface area contributed by atoms with Crippen LogP contribution in [0.2, 0.25) is 0 Å². The molecule has 0 saturated carbocycles. The lowest BCUT2D eigenvalue weighted by molar-refractivity contribution is -0.384. The first kappa shape index (κ1) is 20.5. The molecule has 1 heterocycles. The minimum atomic E-state index is -3.77. The molecule has 0 fully saturated rings. The quantitative estimate of drug-likeness (QED) is 0.545. The van der Waals surface area contributed by atoms with Crippen molar-refractivity contribution >= 4 is 27.5 Å². The second-order valence-corrected chi connectivity index (χ2v) is 8.35. The Morgan fingerprint density at radius 1 is 1.17 bits per heavy atom. The maximum atomic E-state index is 12.8. The van der Waals surface area contributed by atoms with E-state index in [2.05, 4.69) is 4.40 Å². The third kappa shape index (κ3) is 3.97. The molecule has 1 amide bonds. The van der Waals surface area contributed by atoms with Crippen LogP contribution in [0.25, 0.3) is 0 Å². The van der Waals surface area contributed by atoms with Crippen LogP contribution >= 0.6 is 0 Å². The van der Waals surface area contributed by atoms with E-state index in [9.17, 15) is 23.3 Å². The van der Waals surface area contributed by atoms with Crippen molar-refractivity contribution in [2.75, 3.05) is 20.6 Å². The number of fused-ring (bicyclic) bond motifs is 1. The van der Waals surface area contributed by atoms with Crippen LogP contribution in [0.4, 0.5) is 5.69 Å². The summed E-state index contributed by atoms with van der Waals surface area (Å²) in [5.41, 5.74) is 1.04. The van der Waals surface area contributed by atoms with E-state index < -0.39 is 21.0 Å². The number of amides is 1. The number of benzene rings is 2. The largest absolute Gasteiger partial charge is 0.349 e. The molecule has 9 nitrogen and oxygen atoms in total. The maximum Gasteiger partial charge on any atom is 0.285 e. The highest BCUT2D eigenvalue weighted by Gasteiger charge is 2.31. The van der Waals surface area contributed by atoms with E-state index >= 15 is 0 Å². The summed E-state index contributed by atoms with van der Waals surface area (Å²) in [6.45, 7) is 1.67. The van der Waals surface area contributed by atoms with Gasteiger partial charge >= 0.3 is 0 Å². The van der Waals surface area contributed by atoms with Gasteiger partial charge in [-0.2, -0.15) is 8.42 Å². The van der Waals surface area contributed by atoms with Gasteiger partial charge in [-0.25, -0.2) is 0 Å². The molecule has 152 valence electrons. The maximum absolute atomic E-state index is 12.8. The summed E-state index contributed by atoms with van der Waals surface area (Å²) in [6.07, 6.45) is 0. The van der Waals surface area contributed by atoms with Crippen LogP contribution < -0.4 is 0 Å². The number of carbonyl (C=O) groups excluding carboxylic acids is 1. The van der Waals surface area contributed by atoms with Gasteiger partial charge in [-0.1, -0.05) is 24.3 Å². The number of carbonyl (C=O) groups is 1. The zero-order valence-electron chi connectivity index (χ0n) is 16.1. The smallest absolute Gasteiger partial charge is 0.285 e. The molecular weight excluding hydrogens is 396 g/mol. The molecule has 0 saturated heterocycles. The van der Waals surface area contributed by atoms with Crippen molar-refractivity contribution in [2.45, 2.75) is 17.9 Å². The van der Waals surface area contributed by atoms with Crippen LogP contribution in [-0.4, -0.2) is 55.5 Å². The van der Waals surface area contributed by atoms with Gasteiger partial charge in [0, 0.05) is 31.8 Å².